The van der Waals surface area contributed by atoms with Gasteiger partial charge in [-0.3, -0.25) is 31.1 Å². The summed E-state index contributed by atoms with van der Waals surface area (Å²) >= 11 is 0. The van der Waals surface area contributed by atoms with Crippen molar-refractivity contribution < 1.29 is 19.4 Å². The van der Waals surface area contributed by atoms with Crippen LogP contribution in [-0.4, -0.2) is 32.4 Å². The molecule has 3 aromatic rings. The Kier molecular flexibility index (Phi) is 6.70. The molecular weight excluding hydrogens is 422 g/mol. The number of carbonyl (C=O) groups excluding carboxylic acids is 1. The maximum absolute atomic E-state index is 11.7. The monoisotopic (exact) mass is 439 g/mol. The van der Waals surface area contributed by atoms with E-state index in [2.05, 4.69) is 26.1 Å². The molecule has 0 amide bonds. The molecule has 164 valence electrons. The van der Waals surface area contributed by atoms with Gasteiger partial charge >= 0.3 is 11.7 Å². The number of ether oxygens (including phenoxy) is 1. The highest BCUT2D eigenvalue weighted by Crippen LogP contribution is 2.31. The molecule has 0 bridgehead atoms. The number of nitrogens with zero attached hydrogens (tertiary/aromatic N) is 4. The lowest BCUT2D eigenvalue weighted by Gasteiger charge is -2.12. The van der Waals surface area contributed by atoms with E-state index in [0.29, 0.717) is 16.9 Å². The molecule has 0 atom stereocenters. The first-order valence-electron chi connectivity index (χ1n) is 9.19. The minimum atomic E-state index is -0.658. The van der Waals surface area contributed by atoms with Crippen molar-refractivity contribution in [3.8, 4) is 0 Å². The summed E-state index contributed by atoms with van der Waals surface area (Å²) in [6.45, 7) is 1.94. The molecule has 0 radical (unpaired) electrons. The van der Waals surface area contributed by atoms with Crippen LogP contribution >= 0.6 is 0 Å². The smallest absolute Gasteiger partial charge is 0.355 e. The van der Waals surface area contributed by atoms with E-state index in [-0.39, 0.29) is 23.9 Å². The SMILES string of the molecule is CCOC(=O)c1ccc(Nc2ncnc(NNc3ccc([N+](=O)[O-])cc3)c2[N+](=O)[O-])cc1. The van der Waals surface area contributed by atoms with Crippen LogP contribution in [0.25, 0.3) is 0 Å². The average molecular weight is 439 g/mol. The number of esters is 1. The predicted octanol–water partition coefficient (Wildman–Crippen LogP) is 3.65. The first kappa shape index (κ1) is 21.9. The number of benzene rings is 2. The second kappa shape index (κ2) is 9.80. The molecule has 0 aliphatic carbocycles. The Morgan fingerprint density at radius 1 is 0.906 bits per heavy atom. The highest BCUT2D eigenvalue weighted by atomic mass is 16.6. The third-order valence-electron chi connectivity index (χ3n) is 4.07. The van der Waals surface area contributed by atoms with Gasteiger partial charge in [-0.05, 0) is 43.3 Å². The Morgan fingerprint density at radius 2 is 1.53 bits per heavy atom. The molecule has 0 aliphatic rings. The second-order valence-corrected chi connectivity index (χ2v) is 6.15. The number of nitrogens with one attached hydrogen (secondary N) is 3. The molecule has 0 saturated carbocycles. The number of nitro groups is 2. The molecule has 13 heteroatoms. The maximum Gasteiger partial charge on any atom is 0.355 e. The molecule has 2 aromatic carbocycles. The summed E-state index contributed by atoms with van der Waals surface area (Å²) in [5.74, 6) is -0.688. The number of hydrogen-bond donors (Lipinski definition) is 3. The van der Waals surface area contributed by atoms with E-state index in [0.717, 1.165) is 6.33 Å². The van der Waals surface area contributed by atoms with E-state index < -0.39 is 21.5 Å². The molecule has 3 rings (SSSR count). The maximum atomic E-state index is 11.7. The van der Waals surface area contributed by atoms with Gasteiger partial charge in [-0.2, -0.15) is 0 Å². The number of aromatic nitrogens is 2. The van der Waals surface area contributed by atoms with Gasteiger partial charge in [0, 0.05) is 17.8 Å². The molecular formula is C19H17N7O6. The summed E-state index contributed by atoms with van der Waals surface area (Å²) in [6, 6.07) is 11.6. The zero-order chi connectivity index (χ0) is 23.1. The Balaban J connectivity index is 1.78. The Bertz CT molecular complexity index is 1140. The lowest BCUT2D eigenvalue weighted by atomic mass is 10.2. The van der Waals surface area contributed by atoms with Crippen molar-refractivity contribution >= 4 is 40.4 Å². The molecule has 32 heavy (non-hydrogen) atoms. The van der Waals surface area contributed by atoms with Gasteiger partial charge in [0.05, 0.1) is 27.7 Å². The van der Waals surface area contributed by atoms with Gasteiger partial charge in [-0.1, -0.05) is 0 Å². The number of non-ortho nitro benzene ring substituents is 1. The fourth-order valence-electron chi connectivity index (χ4n) is 2.57. The molecule has 0 fully saturated rings. The molecule has 13 nitrogen and oxygen atoms in total. The van der Waals surface area contributed by atoms with Crippen LogP contribution in [0, 0.1) is 20.2 Å². The minimum Gasteiger partial charge on any atom is -0.462 e. The number of anilines is 4. The second-order valence-electron chi connectivity index (χ2n) is 6.15. The fraction of sp³-hybridized carbons (Fsp3) is 0.105. The highest BCUT2D eigenvalue weighted by Gasteiger charge is 2.23. The fourth-order valence-corrected chi connectivity index (χ4v) is 2.57. The van der Waals surface area contributed by atoms with Crippen molar-refractivity contribution in [3.05, 3.63) is 80.7 Å². The minimum absolute atomic E-state index is 0.0816. The third kappa shape index (κ3) is 5.21. The van der Waals surface area contributed by atoms with Crippen molar-refractivity contribution in [3.63, 3.8) is 0 Å². The van der Waals surface area contributed by atoms with E-state index in [1.165, 1.54) is 36.4 Å². The average Bonchev–Trinajstić information content (AvgIpc) is 2.78. The molecule has 1 heterocycles. The van der Waals surface area contributed by atoms with Crippen LogP contribution in [0.4, 0.5) is 34.4 Å². The lowest BCUT2D eigenvalue weighted by molar-refractivity contribution is -0.384. The van der Waals surface area contributed by atoms with Gasteiger partial charge in [-0.25, -0.2) is 14.8 Å². The number of hydrogen-bond acceptors (Lipinski definition) is 11. The standard InChI is InChI=1S/C19H17N7O6/c1-2-32-19(27)12-3-5-13(6-4-12)22-17-16(26(30)31)18(21-11-20-17)24-23-14-7-9-15(10-8-14)25(28)29/h3-11,23H,2H2,1H3,(H2,20,21,22,24). The van der Waals surface area contributed by atoms with Gasteiger partial charge in [-0.15, -0.1) is 0 Å². The van der Waals surface area contributed by atoms with E-state index >= 15 is 0 Å². The summed E-state index contributed by atoms with van der Waals surface area (Å²) in [4.78, 5) is 40.8. The summed E-state index contributed by atoms with van der Waals surface area (Å²) in [5.41, 5.74) is 6.00. The van der Waals surface area contributed by atoms with Crippen LogP contribution in [0.15, 0.2) is 54.9 Å². The van der Waals surface area contributed by atoms with Crippen molar-refractivity contribution in [1.82, 2.24) is 9.97 Å². The summed E-state index contributed by atoms with van der Waals surface area (Å²) in [6.07, 6.45) is 1.13. The summed E-state index contributed by atoms with van der Waals surface area (Å²) < 4.78 is 4.92. The number of rotatable bonds is 9. The number of carbonyl (C=O) groups is 1. The molecule has 0 spiro atoms. The van der Waals surface area contributed by atoms with Crippen LogP contribution in [0.3, 0.4) is 0 Å². The van der Waals surface area contributed by atoms with Crippen molar-refractivity contribution in [1.29, 1.82) is 0 Å². The lowest BCUT2D eigenvalue weighted by Crippen LogP contribution is -2.13. The number of hydrazine groups is 1. The zero-order valence-electron chi connectivity index (χ0n) is 16.6. The van der Waals surface area contributed by atoms with Crippen LogP contribution in [0.5, 0.6) is 0 Å². The predicted molar refractivity (Wildman–Crippen MR) is 115 cm³/mol. The van der Waals surface area contributed by atoms with Crippen molar-refractivity contribution in [2.75, 3.05) is 22.8 Å². The van der Waals surface area contributed by atoms with Crippen molar-refractivity contribution in [2.24, 2.45) is 0 Å². The Hall–Kier alpha value is -4.81. The highest BCUT2D eigenvalue weighted by molar-refractivity contribution is 5.90. The third-order valence-corrected chi connectivity index (χ3v) is 4.07. The van der Waals surface area contributed by atoms with Crippen LogP contribution in [0.2, 0.25) is 0 Å². The Morgan fingerprint density at radius 3 is 2.12 bits per heavy atom. The zero-order valence-corrected chi connectivity index (χ0v) is 16.6. The van der Waals surface area contributed by atoms with Gasteiger partial charge in [0.15, 0.2) is 0 Å². The van der Waals surface area contributed by atoms with E-state index in [1.807, 2.05) is 0 Å². The first-order chi connectivity index (χ1) is 15.4. The van der Waals surface area contributed by atoms with E-state index in [9.17, 15) is 25.0 Å². The quantitative estimate of drug-likeness (QED) is 0.252. The first-order valence-corrected chi connectivity index (χ1v) is 9.19. The van der Waals surface area contributed by atoms with Gasteiger partial charge in [0.1, 0.15) is 6.33 Å². The molecule has 1 aromatic heterocycles. The molecule has 0 unspecified atom stereocenters. The number of nitro benzene ring substituents is 1. The molecule has 3 N–H and O–H groups in total. The van der Waals surface area contributed by atoms with Gasteiger partial charge in [0.2, 0.25) is 11.6 Å². The molecule has 0 aliphatic heterocycles. The summed E-state index contributed by atoms with van der Waals surface area (Å²) in [5, 5.41) is 25.2. The largest absolute Gasteiger partial charge is 0.462 e. The normalized spacial score (nSPS) is 10.2. The van der Waals surface area contributed by atoms with Crippen LogP contribution in [-0.2, 0) is 4.74 Å². The van der Waals surface area contributed by atoms with Crippen LogP contribution < -0.4 is 16.2 Å². The van der Waals surface area contributed by atoms with Crippen molar-refractivity contribution in [2.45, 2.75) is 6.92 Å². The van der Waals surface area contributed by atoms with Gasteiger partial charge < -0.3 is 10.1 Å². The van der Waals surface area contributed by atoms with E-state index in [4.69, 9.17) is 4.74 Å². The topological polar surface area (TPSA) is 174 Å². The molecule has 0 saturated heterocycles. The van der Waals surface area contributed by atoms with Gasteiger partial charge in [0.25, 0.3) is 5.69 Å². The van der Waals surface area contributed by atoms with Crippen LogP contribution in [0.1, 0.15) is 17.3 Å². The Labute approximate surface area is 180 Å². The van der Waals surface area contributed by atoms with E-state index in [1.54, 1.807) is 19.1 Å². The summed E-state index contributed by atoms with van der Waals surface area (Å²) in [7, 11) is 0.